The third kappa shape index (κ3) is 13.6. The first-order chi connectivity index (χ1) is 28.8. The van der Waals surface area contributed by atoms with Gasteiger partial charge in [0.2, 0.25) is 0 Å². The van der Waals surface area contributed by atoms with Gasteiger partial charge in [0.1, 0.15) is 0 Å². The number of ether oxygens (including phenoxy) is 2. The summed E-state index contributed by atoms with van der Waals surface area (Å²) in [7, 11) is -13.8. The minimum atomic E-state index is -3.80. The summed E-state index contributed by atoms with van der Waals surface area (Å²) < 4.78 is 57.2. The van der Waals surface area contributed by atoms with Crippen molar-refractivity contribution in [1.29, 1.82) is 0 Å². The molecule has 0 aliphatic heterocycles. The van der Waals surface area contributed by atoms with E-state index in [0.29, 0.717) is 44.3 Å². The summed E-state index contributed by atoms with van der Waals surface area (Å²) in [5.41, 5.74) is 0. The molecule has 60 heavy (non-hydrogen) atoms. The Labute approximate surface area is 365 Å². The predicted molar refractivity (Wildman–Crippen MR) is 250 cm³/mol. The average Bonchev–Trinajstić information content (AvgIpc) is 3.27. The molecule has 1 fully saturated rings. The van der Waals surface area contributed by atoms with Crippen LogP contribution in [0.15, 0.2) is 121 Å². The van der Waals surface area contributed by atoms with E-state index >= 15 is 0 Å². The van der Waals surface area contributed by atoms with Crippen molar-refractivity contribution in [2.45, 2.75) is 64.0 Å². The highest BCUT2D eigenvalue weighted by molar-refractivity contribution is 7.01. The van der Waals surface area contributed by atoms with Crippen molar-refractivity contribution in [3.63, 3.8) is 0 Å². The highest BCUT2D eigenvalue weighted by Crippen LogP contribution is 2.30. The molecule has 0 aromatic heterocycles. The van der Waals surface area contributed by atoms with E-state index in [2.05, 4.69) is 0 Å². The molecule has 0 bridgehead atoms. The van der Waals surface area contributed by atoms with Gasteiger partial charge in [0, 0.05) is 53.2 Å². The summed E-state index contributed by atoms with van der Waals surface area (Å²) in [6.07, 6.45) is 4.16. The zero-order valence-electron chi connectivity index (χ0n) is 36.4. The molecule has 3 unspecified atom stereocenters. The van der Waals surface area contributed by atoms with Crippen molar-refractivity contribution >= 4 is 73.1 Å². The van der Waals surface area contributed by atoms with E-state index < -0.39 is 52.3 Å². The van der Waals surface area contributed by atoms with Gasteiger partial charge in [-0.1, -0.05) is 121 Å². The average molecular weight is 928 g/mol. The van der Waals surface area contributed by atoms with Crippen molar-refractivity contribution in [1.82, 2.24) is 0 Å². The van der Waals surface area contributed by atoms with E-state index in [1.165, 1.54) is 7.11 Å². The van der Waals surface area contributed by atoms with Gasteiger partial charge in [0.15, 0.2) is 0 Å². The molecule has 0 spiro atoms. The first-order valence-electron chi connectivity index (χ1n) is 21.0. The summed E-state index contributed by atoms with van der Waals surface area (Å²) in [6, 6.07) is 40.4. The first-order valence-corrected chi connectivity index (χ1v) is 34.1. The Bertz CT molecular complexity index is 1730. The summed E-state index contributed by atoms with van der Waals surface area (Å²) >= 11 is 0. The lowest BCUT2D eigenvalue weighted by Gasteiger charge is -2.41. The van der Waals surface area contributed by atoms with E-state index in [-0.39, 0.29) is 6.04 Å². The largest absolute Gasteiger partial charge is 0.491 e. The summed E-state index contributed by atoms with van der Waals surface area (Å²) in [6.45, 7) is 9.76. The first kappa shape index (κ1) is 48.8. The normalized spacial score (nSPS) is 19.0. The van der Waals surface area contributed by atoms with E-state index in [9.17, 15) is 9.59 Å². The Morgan fingerprint density at radius 1 is 0.533 bits per heavy atom. The molecule has 0 amide bonds. The molecular formula is C43H66O11Si6. The second-order valence-corrected chi connectivity index (χ2v) is 34.3. The van der Waals surface area contributed by atoms with Crippen LogP contribution in [0.1, 0.15) is 25.7 Å². The molecule has 1 aliphatic rings. The smallest absolute Gasteiger partial charge is 0.411 e. The minimum Gasteiger partial charge on any atom is -0.411 e. The third-order valence-corrected chi connectivity index (χ3v) is 30.8. The molecule has 4 aromatic carbocycles. The summed E-state index contributed by atoms with van der Waals surface area (Å²) in [5.74, 6) is 0.869. The second kappa shape index (κ2) is 22.9. The van der Waals surface area contributed by atoms with Gasteiger partial charge in [-0.05, 0) is 84.5 Å². The molecule has 0 heterocycles. The fraction of sp³-hybridized carbons (Fsp3) is 0.442. The molecule has 0 radical (unpaired) electrons. The lowest BCUT2D eigenvalue weighted by atomic mass is 9.83. The van der Waals surface area contributed by atoms with Crippen LogP contribution in [0, 0.1) is 11.8 Å². The number of benzene rings is 4. The van der Waals surface area contributed by atoms with E-state index in [1.54, 1.807) is 14.2 Å². The van der Waals surface area contributed by atoms with Crippen molar-refractivity contribution in [2.24, 2.45) is 11.8 Å². The minimum absolute atomic E-state index is 0.232. The SMILES string of the molecule is CO[SiH](C)O[Si](O[Si](C)(O)CCOCC1CCC(COCC[Si](O)(OC)O[Si](O[Si](C)(C)OC)(c2ccccc2)c2ccccc2)CC1)(c1ccccc1)c1ccccc1. The summed E-state index contributed by atoms with van der Waals surface area (Å²) in [4.78, 5) is 23.8. The molecule has 1 saturated carbocycles. The monoisotopic (exact) mass is 926 g/mol. The van der Waals surface area contributed by atoms with Gasteiger partial charge in [-0.3, -0.25) is 0 Å². The van der Waals surface area contributed by atoms with Crippen LogP contribution >= 0.6 is 0 Å². The fourth-order valence-corrected chi connectivity index (χ4v) is 27.7. The van der Waals surface area contributed by atoms with Crippen LogP contribution in [0.4, 0.5) is 0 Å². The van der Waals surface area contributed by atoms with Gasteiger partial charge in [-0.2, -0.15) is 0 Å². The molecule has 0 saturated heterocycles. The maximum absolute atomic E-state index is 12.0. The second-order valence-electron chi connectivity index (χ2n) is 16.2. The van der Waals surface area contributed by atoms with Gasteiger partial charge in [-0.15, -0.1) is 0 Å². The standard InChI is InChI=1S/C43H66O11Si6/c1-46-55(4)51-59(40-20-12-8-13-21-40,41-22-14-9-15-23-41)53-57(7,44)34-32-49-36-38-28-30-39(31-29-38)37-50-33-35-58(45,48-3)54-60(52-56(5,6)47-2,42-24-16-10-17-25-42)43-26-18-11-19-27-43/h8-27,38-39,44-45,55H,28-37H2,1-7H3. The zero-order valence-corrected chi connectivity index (χ0v) is 42.6. The quantitative estimate of drug-likeness (QED) is 0.0699. The molecular weight excluding hydrogens is 861 g/mol. The van der Waals surface area contributed by atoms with Crippen molar-refractivity contribution in [2.75, 3.05) is 47.8 Å². The van der Waals surface area contributed by atoms with Crippen molar-refractivity contribution < 1.29 is 48.8 Å². The molecule has 11 nitrogen and oxygen atoms in total. The highest BCUT2D eigenvalue weighted by Gasteiger charge is 2.55. The van der Waals surface area contributed by atoms with Crippen LogP contribution in [-0.4, -0.2) is 110 Å². The van der Waals surface area contributed by atoms with Gasteiger partial charge >= 0.3 is 52.3 Å². The summed E-state index contributed by atoms with van der Waals surface area (Å²) in [5, 5.41) is 3.63. The third-order valence-electron chi connectivity index (χ3n) is 11.1. The number of hydrogen-bond donors (Lipinski definition) is 2. The molecule has 328 valence electrons. The lowest BCUT2D eigenvalue weighted by molar-refractivity contribution is 0.0520. The van der Waals surface area contributed by atoms with Gasteiger partial charge in [0.05, 0.1) is 6.61 Å². The Kier molecular flexibility index (Phi) is 18.6. The van der Waals surface area contributed by atoms with Crippen LogP contribution in [0.3, 0.4) is 0 Å². The van der Waals surface area contributed by atoms with E-state index in [4.69, 9.17) is 39.2 Å². The van der Waals surface area contributed by atoms with Gasteiger partial charge in [0.25, 0.3) is 0 Å². The van der Waals surface area contributed by atoms with Gasteiger partial charge in [-0.25, -0.2) is 0 Å². The molecule has 4 aromatic rings. The van der Waals surface area contributed by atoms with Crippen LogP contribution in [0.5, 0.6) is 0 Å². The maximum Gasteiger partial charge on any atom is 0.491 e. The van der Waals surface area contributed by atoms with Crippen LogP contribution in [0.25, 0.3) is 0 Å². The zero-order chi connectivity index (χ0) is 43.1. The van der Waals surface area contributed by atoms with Crippen LogP contribution in [-0.2, 0) is 39.2 Å². The Hall–Kier alpha value is -2.26. The molecule has 5 rings (SSSR count). The molecule has 2 N–H and O–H groups in total. The highest BCUT2D eigenvalue weighted by atomic mass is 28.5. The number of hydrogen-bond acceptors (Lipinski definition) is 11. The topological polar surface area (TPSA) is 124 Å². The van der Waals surface area contributed by atoms with E-state index in [0.717, 1.165) is 46.4 Å². The lowest BCUT2D eigenvalue weighted by Crippen LogP contribution is -2.72. The fourth-order valence-electron chi connectivity index (χ4n) is 7.48. The van der Waals surface area contributed by atoms with Crippen LogP contribution < -0.4 is 20.7 Å². The van der Waals surface area contributed by atoms with Gasteiger partial charge < -0.3 is 48.8 Å². The molecule has 17 heteroatoms. The predicted octanol–water partition coefficient (Wildman–Crippen LogP) is 4.89. The van der Waals surface area contributed by atoms with E-state index in [1.807, 2.05) is 148 Å². The Morgan fingerprint density at radius 2 is 0.933 bits per heavy atom. The number of rotatable bonds is 25. The van der Waals surface area contributed by atoms with Crippen LogP contribution in [0.2, 0.25) is 38.3 Å². The molecule has 3 atom stereocenters. The van der Waals surface area contributed by atoms with Crippen molar-refractivity contribution in [3.8, 4) is 0 Å². The Morgan fingerprint density at radius 3 is 1.32 bits per heavy atom. The Balaban J connectivity index is 1.11. The van der Waals surface area contributed by atoms with Crippen molar-refractivity contribution in [3.05, 3.63) is 121 Å². The maximum atomic E-state index is 12.0. The molecule has 1 aliphatic carbocycles.